The van der Waals surface area contributed by atoms with E-state index in [4.69, 9.17) is 0 Å². The second kappa shape index (κ2) is 4.69. The van der Waals surface area contributed by atoms with Gasteiger partial charge in [0, 0.05) is 11.8 Å². The Kier molecular flexibility index (Phi) is 2.89. The van der Waals surface area contributed by atoms with Crippen molar-refractivity contribution in [1.29, 1.82) is 0 Å². The molecule has 90 valence electrons. The van der Waals surface area contributed by atoms with Crippen LogP contribution in [0.15, 0.2) is 30.5 Å². The summed E-state index contributed by atoms with van der Waals surface area (Å²) in [5.41, 5.74) is 4.77. The highest BCUT2D eigenvalue weighted by Crippen LogP contribution is 2.26. The van der Waals surface area contributed by atoms with Crippen molar-refractivity contribution in [3.8, 4) is 11.3 Å². The normalized spacial score (nSPS) is 14.0. The van der Waals surface area contributed by atoms with Gasteiger partial charge in [-0.3, -0.25) is 4.79 Å². The minimum absolute atomic E-state index is 0.241. The number of rotatable bonds is 2. The average molecular weight is 238 g/mol. The molecule has 0 radical (unpaired) electrons. The largest absolute Gasteiger partial charge is 0.294 e. The summed E-state index contributed by atoms with van der Waals surface area (Å²) in [5.74, 6) is 0.241. The zero-order valence-corrected chi connectivity index (χ0v) is 10.1. The number of hydrogen-bond acceptors (Lipinski definition) is 3. The van der Waals surface area contributed by atoms with Crippen molar-refractivity contribution in [2.75, 3.05) is 0 Å². The molecule has 0 spiro atoms. The lowest BCUT2D eigenvalue weighted by Gasteiger charge is -2.16. The topological polar surface area (TPSA) is 42.9 Å². The molecular formula is C15H14N2O. The summed E-state index contributed by atoms with van der Waals surface area (Å²) in [5, 5.41) is 0. The molecule has 1 aliphatic carbocycles. The van der Waals surface area contributed by atoms with Crippen molar-refractivity contribution in [2.45, 2.75) is 25.7 Å². The highest BCUT2D eigenvalue weighted by atomic mass is 16.1. The molecule has 18 heavy (non-hydrogen) atoms. The maximum Gasteiger partial charge on any atom is 0.193 e. The molecule has 3 nitrogen and oxygen atoms in total. The smallest absolute Gasteiger partial charge is 0.193 e. The lowest BCUT2D eigenvalue weighted by Crippen LogP contribution is -2.02. The van der Waals surface area contributed by atoms with Crippen LogP contribution in [0.1, 0.15) is 34.6 Å². The summed E-state index contributed by atoms with van der Waals surface area (Å²) in [6, 6.07) is 8.32. The van der Waals surface area contributed by atoms with Crippen LogP contribution in [0.5, 0.6) is 0 Å². The lowest BCUT2D eigenvalue weighted by atomic mass is 9.90. The first-order chi connectivity index (χ1) is 8.86. The summed E-state index contributed by atoms with van der Waals surface area (Å²) < 4.78 is 0. The summed E-state index contributed by atoms with van der Waals surface area (Å²) in [6.07, 6.45) is 7.19. The van der Waals surface area contributed by atoms with Gasteiger partial charge in [0.15, 0.2) is 12.1 Å². The highest BCUT2D eigenvalue weighted by molar-refractivity contribution is 5.71. The molecule has 0 fully saturated rings. The van der Waals surface area contributed by atoms with Crippen LogP contribution in [0.2, 0.25) is 0 Å². The molecule has 0 saturated carbocycles. The Morgan fingerprint density at radius 1 is 1.06 bits per heavy atom. The van der Waals surface area contributed by atoms with E-state index in [1.165, 1.54) is 30.4 Å². The van der Waals surface area contributed by atoms with Gasteiger partial charge in [-0.2, -0.15) is 0 Å². The molecule has 0 bridgehead atoms. The third-order valence-corrected chi connectivity index (χ3v) is 3.42. The third kappa shape index (κ3) is 2.04. The highest BCUT2D eigenvalue weighted by Gasteiger charge is 2.10. The van der Waals surface area contributed by atoms with Crippen molar-refractivity contribution < 1.29 is 4.79 Å². The molecule has 3 heteroatoms. The molecule has 1 aliphatic rings. The second-order valence-corrected chi connectivity index (χ2v) is 4.61. The maximum absolute atomic E-state index is 10.7. The Bertz CT molecular complexity index is 593. The molecule has 2 aromatic rings. The van der Waals surface area contributed by atoms with E-state index in [-0.39, 0.29) is 5.82 Å². The van der Waals surface area contributed by atoms with Gasteiger partial charge in [-0.25, -0.2) is 9.97 Å². The van der Waals surface area contributed by atoms with Gasteiger partial charge in [0.2, 0.25) is 0 Å². The average Bonchev–Trinajstić information content (AvgIpc) is 2.47. The first-order valence-electron chi connectivity index (χ1n) is 6.27. The van der Waals surface area contributed by atoms with Gasteiger partial charge in [-0.1, -0.05) is 12.1 Å². The van der Waals surface area contributed by atoms with Crippen LogP contribution in [0, 0.1) is 0 Å². The lowest BCUT2D eigenvalue weighted by molar-refractivity contribution is 0.111. The molecule has 1 aromatic carbocycles. The van der Waals surface area contributed by atoms with Gasteiger partial charge < -0.3 is 0 Å². The van der Waals surface area contributed by atoms with E-state index >= 15 is 0 Å². The van der Waals surface area contributed by atoms with Crippen LogP contribution < -0.4 is 0 Å². The number of benzene rings is 1. The van der Waals surface area contributed by atoms with E-state index < -0.39 is 0 Å². The van der Waals surface area contributed by atoms with Crippen molar-refractivity contribution >= 4 is 6.29 Å². The van der Waals surface area contributed by atoms with Gasteiger partial charge >= 0.3 is 0 Å². The number of aromatic nitrogens is 2. The molecule has 0 N–H and O–H groups in total. The number of nitrogens with zero attached hydrogens (tertiary/aromatic N) is 2. The fourth-order valence-corrected chi connectivity index (χ4v) is 2.48. The van der Waals surface area contributed by atoms with E-state index in [2.05, 4.69) is 28.2 Å². The molecule has 0 amide bonds. The number of carbonyl (C=O) groups is 1. The minimum atomic E-state index is 0.241. The molecule has 1 aromatic heterocycles. The van der Waals surface area contributed by atoms with Crippen LogP contribution in [-0.4, -0.2) is 16.3 Å². The molecule has 3 rings (SSSR count). The molecule has 0 atom stereocenters. The minimum Gasteiger partial charge on any atom is -0.294 e. The predicted molar refractivity (Wildman–Crippen MR) is 69.5 cm³/mol. The Balaban J connectivity index is 2.03. The number of aryl methyl sites for hydroxylation is 2. The Morgan fingerprint density at radius 2 is 1.89 bits per heavy atom. The maximum atomic E-state index is 10.7. The first kappa shape index (κ1) is 11.1. The van der Waals surface area contributed by atoms with Gasteiger partial charge in [0.1, 0.15) is 0 Å². The van der Waals surface area contributed by atoms with Gasteiger partial charge in [-0.15, -0.1) is 0 Å². The van der Waals surface area contributed by atoms with E-state index in [1.807, 2.05) is 6.07 Å². The van der Waals surface area contributed by atoms with E-state index in [9.17, 15) is 4.79 Å². The standard InChI is InChI=1S/C15H14N2O/c18-10-15-16-8-7-14(17-15)13-6-5-11-3-1-2-4-12(11)9-13/h5-10H,1-4H2. The number of hydrogen-bond donors (Lipinski definition) is 0. The fraction of sp³-hybridized carbons (Fsp3) is 0.267. The predicted octanol–water partition coefficient (Wildman–Crippen LogP) is 2.83. The van der Waals surface area contributed by atoms with Crippen LogP contribution in [0.3, 0.4) is 0 Å². The fourth-order valence-electron chi connectivity index (χ4n) is 2.48. The molecular weight excluding hydrogens is 224 g/mol. The summed E-state index contributed by atoms with van der Waals surface area (Å²) >= 11 is 0. The van der Waals surface area contributed by atoms with Gasteiger partial charge in [0.25, 0.3) is 0 Å². The van der Waals surface area contributed by atoms with E-state index in [0.29, 0.717) is 6.29 Å². The molecule has 1 heterocycles. The zero-order chi connectivity index (χ0) is 12.4. The van der Waals surface area contributed by atoms with Crippen LogP contribution in [-0.2, 0) is 12.8 Å². The molecule has 0 aliphatic heterocycles. The molecule has 0 saturated heterocycles. The Labute approximate surface area is 106 Å². The van der Waals surface area contributed by atoms with Crippen molar-refractivity contribution in [2.24, 2.45) is 0 Å². The quantitative estimate of drug-likeness (QED) is 0.755. The van der Waals surface area contributed by atoms with Gasteiger partial charge in [0.05, 0.1) is 5.69 Å². The first-order valence-corrected chi connectivity index (χ1v) is 6.27. The number of carbonyl (C=O) groups excluding carboxylic acids is 1. The van der Waals surface area contributed by atoms with Crippen LogP contribution >= 0.6 is 0 Å². The number of fused-ring (bicyclic) bond motifs is 1. The molecule has 0 unspecified atom stereocenters. The van der Waals surface area contributed by atoms with Crippen molar-refractivity contribution in [3.05, 3.63) is 47.4 Å². The Hall–Kier alpha value is -2.03. The van der Waals surface area contributed by atoms with Crippen molar-refractivity contribution in [3.63, 3.8) is 0 Å². The zero-order valence-electron chi connectivity index (χ0n) is 10.1. The second-order valence-electron chi connectivity index (χ2n) is 4.61. The monoisotopic (exact) mass is 238 g/mol. The summed E-state index contributed by atoms with van der Waals surface area (Å²) in [6.45, 7) is 0. The summed E-state index contributed by atoms with van der Waals surface area (Å²) in [7, 11) is 0. The van der Waals surface area contributed by atoms with E-state index in [0.717, 1.165) is 17.7 Å². The van der Waals surface area contributed by atoms with E-state index in [1.54, 1.807) is 6.20 Å². The summed E-state index contributed by atoms with van der Waals surface area (Å²) in [4.78, 5) is 18.8. The Morgan fingerprint density at radius 3 is 2.72 bits per heavy atom. The SMILES string of the molecule is O=Cc1nccc(-c2ccc3c(c2)CCCC3)n1. The van der Waals surface area contributed by atoms with Gasteiger partial charge in [-0.05, 0) is 48.9 Å². The van der Waals surface area contributed by atoms with Crippen LogP contribution in [0.25, 0.3) is 11.3 Å². The number of aldehydes is 1. The van der Waals surface area contributed by atoms with Crippen LogP contribution in [0.4, 0.5) is 0 Å². The third-order valence-electron chi connectivity index (χ3n) is 3.42. The van der Waals surface area contributed by atoms with Crippen molar-refractivity contribution in [1.82, 2.24) is 9.97 Å².